The molecule has 3 N–H and O–H groups in total. The number of hydrogen-bond donors (Lipinski definition) is 3. The first-order valence-electron chi connectivity index (χ1n) is 6.89. The van der Waals surface area contributed by atoms with Gasteiger partial charge in [0.25, 0.3) is 11.8 Å². The van der Waals surface area contributed by atoms with Gasteiger partial charge < -0.3 is 0 Å². The molecule has 0 unspecified atom stereocenters. The highest BCUT2D eigenvalue weighted by atomic mass is 127. The Bertz CT molecular complexity index is 786. The third-order valence-corrected chi connectivity index (χ3v) is 3.66. The van der Waals surface area contributed by atoms with Crippen molar-refractivity contribution < 1.29 is 14.8 Å². The molecule has 0 fully saturated rings. The van der Waals surface area contributed by atoms with Crippen LogP contribution in [0.4, 0.5) is 0 Å². The van der Waals surface area contributed by atoms with E-state index >= 15 is 0 Å². The maximum Gasteiger partial charge on any atom is 0.271 e. The minimum atomic E-state index is -0.646. The third kappa shape index (κ3) is 5.60. The van der Waals surface area contributed by atoms with Crippen molar-refractivity contribution in [1.29, 1.82) is 0 Å². The van der Waals surface area contributed by atoms with Crippen LogP contribution in [0.5, 0.6) is 0 Å². The number of halogens is 1. The molecule has 0 aromatic heterocycles. The smallest absolute Gasteiger partial charge is 0.271 e. The van der Waals surface area contributed by atoms with Crippen molar-refractivity contribution in [3.05, 3.63) is 74.9 Å². The summed E-state index contributed by atoms with van der Waals surface area (Å²) in [5, 5.41) is 12.4. The van der Waals surface area contributed by atoms with E-state index in [4.69, 9.17) is 5.21 Å². The number of rotatable bonds is 5. The number of hydroxylamine groups is 1. The Morgan fingerprint density at radius 3 is 2.54 bits per heavy atom. The number of carbonyl (C=O) groups excluding carboxylic acids is 2. The molecule has 0 bridgehead atoms. The molecule has 0 atom stereocenters. The van der Waals surface area contributed by atoms with Gasteiger partial charge in [0.05, 0.1) is 6.21 Å². The van der Waals surface area contributed by atoms with Gasteiger partial charge in [0.15, 0.2) is 0 Å². The van der Waals surface area contributed by atoms with Crippen molar-refractivity contribution in [1.82, 2.24) is 10.9 Å². The highest BCUT2D eigenvalue weighted by molar-refractivity contribution is 14.1. The van der Waals surface area contributed by atoms with Crippen LogP contribution in [0.2, 0.25) is 0 Å². The van der Waals surface area contributed by atoms with Gasteiger partial charge in [-0.25, -0.2) is 10.9 Å². The summed E-state index contributed by atoms with van der Waals surface area (Å²) < 4.78 is 1.12. The molecule has 0 aliphatic heterocycles. The molecule has 122 valence electrons. The first-order valence-corrected chi connectivity index (χ1v) is 7.97. The molecule has 0 aliphatic rings. The summed E-state index contributed by atoms with van der Waals surface area (Å²) in [5.41, 5.74) is 5.87. The molecule has 0 saturated carbocycles. The molecular formula is C17H14IN3O3. The highest BCUT2D eigenvalue weighted by Crippen LogP contribution is 2.08. The monoisotopic (exact) mass is 435 g/mol. The molecule has 24 heavy (non-hydrogen) atoms. The number of nitrogens with zero attached hydrogens (tertiary/aromatic N) is 1. The second-order valence-electron chi connectivity index (χ2n) is 4.69. The molecule has 6 nitrogen and oxygen atoms in total. The minimum Gasteiger partial charge on any atom is -0.288 e. The summed E-state index contributed by atoms with van der Waals surface area (Å²) in [6.45, 7) is 0. The van der Waals surface area contributed by atoms with E-state index in [0.717, 1.165) is 15.2 Å². The predicted molar refractivity (Wildman–Crippen MR) is 99.6 cm³/mol. The zero-order chi connectivity index (χ0) is 17.4. The number of nitrogens with one attached hydrogen (secondary N) is 2. The van der Waals surface area contributed by atoms with Gasteiger partial charge in [-0.2, -0.15) is 5.10 Å². The number of hydrazone groups is 1. The van der Waals surface area contributed by atoms with E-state index in [9.17, 15) is 9.59 Å². The molecular weight excluding hydrogens is 421 g/mol. The lowest BCUT2D eigenvalue weighted by molar-refractivity contribution is -0.124. The van der Waals surface area contributed by atoms with Crippen LogP contribution in [0.25, 0.3) is 6.08 Å². The van der Waals surface area contributed by atoms with Crippen LogP contribution in [-0.2, 0) is 4.79 Å². The minimum absolute atomic E-state index is 0.362. The molecule has 2 aromatic carbocycles. The van der Waals surface area contributed by atoms with Crippen molar-refractivity contribution in [3.63, 3.8) is 0 Å². The lowest BCUT2D eigenvalue weighted by atomic mass is 10.1. The van der Waals surface area contributed by atoms with Crippen LogP contribution >= 0.6 is 22.6 Å². The summed E-state index contributed by atoms with van der Waals surface area (Å²) in [5.74, 6) is -1.01. The van der Waals surface area contributed by atoms with E-state index in [1.54, 1.807) is 30.5 Å². The molecule has 2 aromatic rings. The van der Waals surface area contributed by atoms with Crippen molar-refractivity contribution in [2.24, 2.45) is 5.10 Å². The molecule has 0 spiro atoms. The van der Waals surface area contributed by atoms with Gasteiger partial charge in [-0.15, -0.1) is 0 Å². The van der Waals surface area contributed by atoms with E-state index < -0.39 is 5.91 Å². The largest absolute Gasteiger partial charge is 0.288 e. The molecule has 0 aliphatic carbocycles. The Morgan fingerprint density at radius 1 is 1.08 bits per heavy atom. The van der Waals surface area contributed by atoms with Crippen LogP contribution < -0.4 is 10.9 Å². The third-order valence-electron chi connectivity index (χ3n) is 2.94. The lowest BCUT2D eigenvalue weighted by Crippen LogP contribution is -2.17. The Morgan fingerprint density at radius 2 is 1.83 bits per heavy atom. The lowest BCUT2D eigenvalue weighted by Gasteiger charge is -2.01. The molecule has 2 amide bonds. The quantitative estimate of drug-likeness (QED) is 0.222. The molecule has 7 heteroatoms. The van der Waals surface area contributed by atoms with E-state index in [1.165, 1.54) is 11.6 Å². The number of benzene rings is 2. The highest BCUT2D eigenvalue weighted by Gasteiger charge is 2.04. The number of hydrogen-bond acceptors (Lipinski definition) is 4. The first kappa shape index (κ1) is 17.8. The summed E-state index contributed by atoms with van der Waals surface area (Å²) >= 11 is 2.21. The Balaban J connectivity index is 2.00. The van der Waals surface area contributed by atoms with Crippen LogP contribution in [0.3, 0.4) is 0 Å². The average molecular weight is 435 g/mol. The average Bonchev–Trinajstić information content (AvgIpc) is 2.61. The summed E-state index contributed by atoms with van der Waals surface area (Å²) in [6.07, 6.45) is 4.20. The fraction of sp³-hybridized carbons (Fsp3) is 0. The van der Waals surface area contributed by atoms with Gasteiger partial charge in [0, 0.05) is 15.2 Å². The Kier molecular flexibility index (Phi) is 6.64. The van der Waals surface area contributed by atoms with E-state index in [1.807, 2.05) is 24.3 Å². The van der Waals surface area contributed by atoms with Crippen LogP contribution in [0.1, 0.15) is 21.5 Å². The standard InChI is InChI=1S/C17H14IN3O3/c18-15-7-4-13(5-8-15)11-19-20-17(23)14-3-1-2-12(10-14)6-9-16(22)21-24/h1-11,24H,(H,20,23)(H,21,22)/b9-6+,19-11+. The summed E-state index contributed by atoms with van der Waals surface area (Å²) in [7, 11) is 0. The van der Waals surface area contributed by atoms with E-state index in [2.05, 4.69) is 33.1 Å². The van der Waals surface area contributed by atoms with E-state index in [0.29, 0.717) is 11.1 Å². The second-order valence-corrected chi connectivity index (χ2v) is 5.93. The van der Waals surface area contributed by atoms with Crippen LogP contribution in [-0.4, -0.2) is 23.2 Å². The summed E-state index contributed by atoms with van der Waals surface area (Å²) in [6, 6.07) is 14.4. The predicted octanol–water partition coefficient (Wildman–Crippen LogP) is 2.57. The van der Waals surface area contributed by atoms with Crippen LogP contribution in [0, 0.1) is 3.57 Å². The number of carbonyl (C=O) groups is 2. The van der Waals surface area contributed by atoms with Crippen molar-refractivity contribution >= 4 is 46.7 Å². The van der Waals surface area contributed by atoms with Crippen molar-refractivity contribution in [2.45, 2.75) is 0 Å². The summed E-state index contributed by atoms with van der Waals surface area (Å²) in [4.78, 5) is 23.0. The molecule has 2 rings (SSSR count). The topological polar surface area (TPSA) is 90.8 Å². The van der Waals surface area contributed by atoms with Gasteiger partial charge in [-0.3, -0.25) is 14.8 Å². The molecule has 0 radical (unpaired) electrons. The van der Waals surface area contributed by atoms with Gasteiger partial charge >= 0.3 is 0 Å². The second kappa shape index (κ2) is 8.94. The maximum absolute atomic E-state index is 12.1. The molecule has 0 heterocycles. The zero-order valence-corrected chi connectivity index (χ0v) is 14.6. The van der Waals surface area contributed by atoms with Gasteiger partial charge in [-0.05, 0) is 64.1 Å². The van der Waals surface area contributed by atoms with Gasteiger partial charge in [0.2, 0.25) is 0 Å². The Hall–Kier alpha value is -2.52. The van der Waals surface area contributed by atoms with Crippen molar-refractivity contribution in [3.8, 4) is 0 Å². The molecule has 0 saturated heterocycles. The normalized spacial score (nSPS) is 10.9. The Labute approximate surface area is 152 Å². The van der Waals surface area contributed by atoms with Crippen molar-refractivity contribution in [2.75, 3.05) is 0 Å². The van der Waals surface area contributed by atoms with Gasteiger partial charge in [0.1, 0.15) is 0 Å². The first-order chi connectivity index (χ1) is 11.6. The zero-order valence-electron chi connectivity index (χ0n) is 12.4. The van der Waals surface area contributed by atoms with E-state index in [-0.39, 0.29) is 5.91 Å². The fourth-order valence-electron chi connectivity index (χ4n) is 1.77. The maximum atomic E-state index is 12.1. The van der Waals surface area contributed by atoms with Crippen LogP contribution in [0.15, 0.2) is 59.7 Å². The number of amides is 2. The SMILES string of the molecule is O=C(/C=C/c1cccc(C(=O)N/N=C/c2ccc(I)cc2)c1)NO. The fourth-order valence-corrected chi connectivity index (χ4v) is 2.13. The van der Waals surface area contributed by atoms with Gasteiger partial charge in [-0.1, -0.05) is 24.3 Å².